The molecule has 192 valence electrons. The molecule has 0 unspecified atom stereocenters. The van der Waals surface area contributed by atoms with Crippen molar-refractivity contribution in [2.24, 2.45) is 7.05 Å². The number of imidazole rings is 1. The lowest BCUT2D eigenvalue weighted by Crippen LogP contribution is -2.34. The number of methoxy groups -OCH3 is 1. The molecule has 37 heavy (non-hydrogen) atoms. The first kappa shape index (κ1) is 23.7. The largest absolute Gasteiger partial charge is 0.480 e. The van der Waals surface area contributed by atoms with E-state index in [9.17, 15) is 9.90 Å². The molecule has 1 atom stereocenters. The van der Waals surface area contributed by atoms with Crippen LogP contribution in [0.2, 0.25) is 0 Å². The Balaban J connectivity index is 1.14. The first-order chi connectivity index (χ1) is 17.8. The van der Waals surface area contributed by atoms with Gasteiger partial charge in [0, 0.05) is 25.6 Å². The van der Waals surface area contributed by atoms with Gasteiger partial charge in [-0.15, -0.1) is 21.5 Å². The number of aromatic carboxylic acids is 1. The van der Waals surface area contributed by atoms with E-state index in [4.69, 9.17) is 19.2 Å². The van der Waals surface area contributed by atoms with Gasteiger partial charge in [-0.3, -0.25) is 4.90 Å². The van der Waals surface area contributed by atoms with Crippen LogP contribution in [0.3, 0.4) is 0 Å². The van der Waals surface area contributed by atoms with Crippen molar-refractivity contribution in [2.45, 2.75) is 38.0 Å². The fourth-order valence-corrected chi connectivity index (χ4v) is 6.03. The molecule has 5 heterocycles. The molecular formula is C26H27N5O5S. The predicted octanol–water partition coefficient (Wildman–Crippen LogP) is 4.16. The molecule has 2 aliphatic rings. The molecule has 0 saturated carbocycles. The zero-order valence-electron chi connectivity index (χ0n) is 20.8. The highest BCUT2D eigenvalue weighted by molar-refractivity contribution is 7.20. The van der Waals surface area contributed by atoms with E-state index in [-0.39, 0.29) is 0 Å². The first-order valence-electron chi connectivity index (χ1n) is 12.1. The third-order valence-corrected chi connectivity index (χ3v) is 8.21. The van der Waals surface area contributed by atoms with Crippen molar-refractivity contribution in [2.75, 3.05) is 20.2 Å². The second-order valence-electron chi connectivity index (χ2n) is 9.53. The van der Waals surface area contributed by atoms with Crippen molar-refractivity contribution in [3.63, 3.8) is 0 Å². The van der Waals surface area contributed by atoms with Crippen molar-refractivity contribution in [1.82, 2.24) is 24.6 Å². The van der Waals surface area contributed by atoms with Gasteiger partial charge >= 0.3 is 5.97 Å². The summed E-state index contributed by atoms with van der Waals surface area (Å²) in [6, 6.07) is 11.3. The zero-order chi connectivity index (χ0) is 25.7. The number of aryl methyl sites for hydroxylation is 1. The third kappa shape index (κ3) is 4.17. The summed E-state index contributed by atoms with van der Waals surface area (Å²) in [6.07, 6.45) is 1.97. The van der Waals surface area contributed by atoms with E-state index in [1.807, 2.05) is 30.7 Å². The molecule has 4 aromatic rings. The van der Waals surface area contributed by atoms with Gasteiger partial charge in [0.05, 0.1) is 19.2 Å². The minimum atomic E-state index is -1.05. The number of hydrogen-bond donors (Lipinski definition) is 1. The molecule has 1 fully saturated rings. The number of carbonyl (C=O) groups is 1. The number of fused-ring (bicyclic) bond motifs is 2. The highest BCUT2D eigenvalue weighted by Crippen LogP contribution is 2.49. The number of carboxylic acid groups (broad SMARTS) is 1. The molecule has 10 nitrogen and oxygen atoms in total. The Hall–Kier alpha value is -3.70. The number of nitrogens with zero attached hydrogens (tertiary/aromatic N) is 5. The van der Waals surface area contributed by atoms with Crippen LogP contribution in [-0.2, 0) is 19.4 Å². The minimum absolute atomic E-state index is 0.317. The van der Waals surface area contributed by atoms with E-state index in [1.165, 1.54) is 11.3 Å². The fraction of sp³-hybridized carbons (Fsp3) is 0.385. The summed E-state index contributed by atoms with van der Waals surface area (Å²) in [5, 5.41) is 17.6. The number of thiophene rings is 1. The molecule has 1 aromatic carbocycles. The maximum atomic E-state index is 11.3. The van der Waals surface area contributed by atoms with E-state index in [0.717, 1.165) is 60.0 Å². The van der Waals surface area contributed by atoms with Crippen molar-refractivity contribution in [3.05, 3.63) is 58.4 Å². The van der Waals surface area contributed by atoms with Crippen LogP contribution in [0.15, 0.2) is 36.4 Å². The predicted molar refractivity (Wildman–Crippen MR) is 136 cm³/mol. The van der Waals surface area contributed by atoms with Crippen LogP contribution in [-0.4, -0.2) is 55.9 Å². The van der Waals surface area contributed by atoms with Crippen LogP contribution in [0.1, 0.15) is 52.4 Å². The van der Waals surface area contributed by atoms with Crippen molar-refractivity contribution in [3.8, 4) is 17.4 Å². The number of likely N-dealkylation sites (tertiary alicyclic amines) is 1. The van der Waals surface area contributed by atoms with E-state index in [0.29, 0.717) is 28.1 Å². The third-order valence-electron chi connectivity index (χ3n) is 7.20. The average molecular weight is 522 g/mol. The highest BCUT2D eigenvalue weighted by atomic mass is 32.1. The number of aromatic nitrogens is 4. The summed E-state index contributed by atoms with van der Waals surface area (Å²) < 4.78 is 19.7. The van der Waals surface area contributed by atoms with Crippen molar-refractivity contribution >= 4 is 27.7 Å². The molecule has 3 aromatic heterocycles. The number of piperidine rings is 1. The van der Waals surface area contributed by atoms with Gasteiger partial charge in [0.25, 0.3) is 5.79 Å². The normalized spacial score (nSPS) is 20.0. The van der Waals surface area contributed by atoms with Gasteiger partial charge in [-0.1, -0.05) is 12.1 Å². The van der Waals surface area contributed by atoms with Gasteiger partial charge in [0.15, 0.2) is 11.5 Å². The molecule has 2 aliphatic heterocycles. The lowest BCUT2D eigenvalue weighted by Gasteiger charge is -2.32. The van der Waals surface area contributed by atoms with Gasteiger partial charge in [-0.25, -0.2) is 9.78 Å². The van der Waals surface area contributed by atoms with Crippen LogP contribution in [0, 0.1) is 0 Å². The van der Waals surface area contributed by atoms with E-state index >= 15 is 0 Å². The summed E-state index contributed by atoms with van der Waals surface area (Å²) in [5.74, 6) is 1.27. The maximum absolute atomic E-state index is 11.3. The number of benzene rings is 1. The monoisotopic (exact) mass is 521 g/mol. The SMILES string of the molecule is COc1ccc([C@@]2(C)Oc3cccc(C4CCN(Cc5nc6sc(C(=O)O)cc6n5C)CC4)c3O2)nn1. The van der Waals surface area contributed by atoms with E-state index in [2.05, 4.69) is 21.2 Å². The molecule has 0 amide bonds. The fourth-order valence-electron chi connectivity index (χ4n) is 5.12. The molecule has 0 bridgehead atoms. The van der Waals surface area contributed by atoms with Crippen LogP contribution in [0.4, 0.5) is 0 Å². The number of rotatable bonds is 6. The Kier molecular flexibility index (Phi) is 5.76. The summed E-state index contributed by atoms with van der Waals surface area (Å²) in [6.45, 7) is 4.44. The molecule has 1 saturated heterocycles. The number of hydrogen-bond acceptors (Lipinski definition) is 9. The zero-order valence-corrected chi connectivity index (χ0v) is 21.6. The molecule has 1 N–H and O–H groups in total. The van der Waals surface area contributed by atoms with Crippen molar-refractivity contribution in [1.29, 1.82) is 0 Å². The quantitative estimate of drug-likeness (QED) is 0.400. The van der Waals surface area contributed by atoms with Crippen molar-refractivity contribution < 1.29 is 24.1 Å². The van der Waals surface area contributed by atoms with Gasteiger partial charge in [0.1, 0.15) is 21.2 Å². The smallest absolute Gasteiger partial charge is 0.346 e. The molecule has 0 radical (unpaired) electrons. The summed E-state index contributed by atoms with van der Waals surface area (Å²) >= 11 is 1.22. The van der Waals surface area contributed by atoms with Gasteiger partial charge in [0.2, 0.25) is 5.88 Å². The average Bonchev–Trinajstić information content (AvgIpc) is 3.57. The van der Waals surface area contributed by atoms with E-state index in [1.54, 1.807) is 25.3 Å². The van der Waals surface area contributed by atoms with Gasteiger partial charge in [-0.2, -0.15) is 0 Å². The Bertz CT molecular complexity index is 1470. The molecule has 0 spiro atoms. The Morgan fingerprint density at radius 1 is 1.22 bits per heavy atom. The highest BCUT2D eigenvalue weighted by Gasteiger charge is 2.42. The number of ether oxygens (including phenoxy) is 3. The molecule has 11 heteroatoms. The second-order valence-corrected chi connectivity index (χ2v) is 10.6. The summed E-state index contributed by atoms with van der Waals surface area (Å²) in [5.41, 5.74) is 2.60. The number of carboxylic acids is 1. The summed E-state index contributed by atoms with van der Waals surface area (Å²) in [4.78, 5) is 19.5. The maximum Gasteiger partial charge on any atom is 0.346 e. The van der Waals surface area contributed by atoms with E-state index < -0.39 is 11.8 Å². The van der Waals surface area contributed by atoms with Gasteiger partial charge in [-0.05, 0) is 50.0 Å². The first-order valence-corrected chi connectivity index (χ1v) is 13.0. The van der Waals surface area contributed by atoms with Crippen LogP contribution in [0.5, 0.6) is 17.4 Å². The molecular weight excluding hydrogens is 494 g/mol. The number of para-hydroxylation sites is 1. The second kappa shape index (κ2) is 9.00. The molecule has 0 aliphatic carbocycles. The Morgan fingerprint density at radius 3 is 2.70 bits per heavy atom. The topological polar surface area (TPSA) is 112 Å². The lowest BCUT2D eigenvalue weighted by atomic mass is 9.88. The van der Waals surface area contributed by atoms with Crippen LogP contribution < -0.4 is 14.2 Å². The Labute approximate surface area is 217 Å². The lowest BCUT2D eigenvalue weighted by molar-refractivity contribution is -0.0730. The standard InChI is InChI=1S/C26H27N5O5S/c1-26(20-7-8-22(34-3)29-28-20)35-18-6-4-5-16(23(18)36-26)15-9-11-31(12-10-15)14-21-27-24-17(30(21)2)13-19(37-24)25(32)33/h4-8,13,15H,9-12,14H2,1-3H3,(H,32,33)/t26-/m0/s1. The summed E-state index contributed by atoms with van der Waals surface area (Å²) in [7, 11) is 3.50. The Morgan fingerprint density at radius 2 is 2.03 bits per heavy atom. The van der Waals surface area contributed by atoms with Crippen LogP contribution in [0.25, 0.3) is 10.3 Å². The minimum Gasteiger partial charge on any atom is -0.480 e. The van der Waals surface area contributed by atoms with Crippen LogP contribution >= 0.6 is 11.3 Å². The van der Waals surface area contributed by atoms with Gasteiger partial charge < -0.3 is 23.9 Å². The molecule has 6 rings (SSSR count).